The molecule has 0 aliphatic carbocycles. The fourth-order valence-corrected chi connectivity index (χ4v) is 2.10. The molecule has 2 aromatic carbocycles. The number of aromatic hydroxyl groups is 1. The van der Waals surface area contributed by atoms with Crippen molar-refractivity contribution >= 4 is 11.0 Å². The van der Waals surface area contributed by atoms with E-state index >= 15 is 0 Å². The Bertz CT molecular complexity index is 805. The predicted molar refractivity (Wildman–Crippen MR) is 69.7 cm³/mol. The Kier molecular flexibility index (Phi) is 2.59. The van der Waals surface area contributed by atoms with Gasteiger partial charge in [0.25, 0.3) is 0 Å². The molecule has 0 atom stereocenters. The van der Waals surface area contributed by atoms with E-state index in [1.165, 1.54) is 22.8 Å². The number of rotatable bonds is 2. The number of para-hydroxylation sites is 1. The van der Waals surface area contributed by atoms with E-state index in [9.17, 15) is 14.3 Å². The number of phenolic OH excluding ortho intramolecular Hbond substituents is 1. The molecule has 5 heteroatoms. The number of fused-ring (bicyclic) bond motifs is 1. The van der Waals surface area contributed by atoms with Crippen LogP contribution >= 0.6 is 0 Å². The van der Waals surface area contributed by atoms with Crippen molar-refractivity contribution in [2.45, 2.75) is 6.54 Å². The maximum atomic E-state index is 13.3. The summed E-state index contributed by atoms with van der Waals surface area (Å²) < 4.78 is 14.7. The van der Waals surface area contributed by atoms with Crippen molar-refractivity contribution in [2.75, 3.05) is 0 Å². The van der Waals surface area contributed by atoms with Crippen LogP contribution in [-0.2, 0) is 6.54 Å². The van der Waals surface area contributed by atoms with Crippen LogP contribution in [0, 0.1) is 5.82 Å². The Labute approximate surface area is 107 Å². The molecule has 96 valence electrons. The number of nitrogens with zero attached hydrogens (tertiary/aromatic N) is 1. The van der Waals surface area contributed by atoms with E-state index in [0.717, 1.165) is 0 Å². The average molecular weight is 258 g/mol. The van der Waals surface area contributed by atoms with Gasteiger partial charge in [-0.05, 0) is 24.3 Å². The summed E-state index contributed by atoms with van der Waals surface area (Å²) in [6.45, 7) is 0.189. The van der Waals surface area contributed by atoms with Gasteiger partial charge < -0.3 is 10.1 Å². The first-order valence-corrected chi connectivity index (χ1v) is 5.80. The van der Waals surface area contributed by atoms with Crippen molar-refractivity contribution in [1.29, 1.82) is 0 Å². The van der Waals surface area contributed by atoms with Crippen molar-refractivity contribution in [3.8, 4) is 5.75 Å². The van der Waals surface area contributed by atoms with Gasteiger partial charge in [0, 0.05) is 5.56 Å². The Hall–Kier alpha value is -2.56. The Morgan fingerprint density at radius 2 is 2.00 bits per heavy atom. The Balaban J connectivity index is 2.15. The largest absolute Gasteiger partial charge is 0.508 e. The van der Waals surface area contributed by atoms with Crippen molar-refractivity contribution in [3.63, 3.8) is 0 Å². The second-order valence-corrected chi connectivity index (χ2v) is 4.31. The second-order valence-electron chi connectivity index (χ2n) is 4.31. The molecule has 3 rings (SSSR count). The zero-order valence-electron chi connectivity index (χ0n) is 9.93. The summed E-state index contributed by atoms with van der Waals surface area (Å²) in [6.07, 6.45) is 0. The van der Waals surface area contributed by atoms with E-state index in [1.807, 2.05) is 0 Å². The van der Waals surface area contributed by atoms with Crippen molar-refractivity contribution < 1.29 is 9.50 Å². The minimum absolute atomic E-state index is 0.111. The van der Waals surface area contributed by atoms with Gasteiger partial charge in [-0.25, -0.2) is 9.18 Å². The summed E-state index contributed by atoms with van der Waals surface area (Å²) >= 11 is 0. The molecule has 0 saturated heterocycles. The minimum Gasteiger partial charge on any atom is -0.508 e. The molecular formula is C14H11FN2O2. The molecule has 0 fully saturated rings. The summed E-state index contributed by atoms with van der Waals surface area (Å²) in [5, 5.41) is 9.73. The van der Waals surface area contributed by atoms with Crippen molar-refractivity contribution in [3.05, 3.63) is 64.3 Å². The Morgan fingerprint density at radius 3 is 2.79 bits per heavy atom. The highest BCUT2D eigenvalue weighted by Gasteiger charge is 2.09. The molecule has 0 unspecified atom stereocenters. The van der Waals surface area contributed by atoms with Crippen LogP contribution < -0.4 is 5.69 Å². The lowest BCUT2D eigenvalue weighted by Crippen LogP contribution is -2.17. The lowest BCUT2D eigenvalue weighted by atomic mass is 10.2. The van der Waals surface area contributed by atoms with Crippen LogP contribution in [0.2, 0.25) is 0 Å². The zero-order chi connectivity index (χ0) is 13.4. The Morgan fingerprint density at radius 1 is 1.21 bits per heavy atom. The van der Waals surface area contributed by atoms with Crippen LogP contribution in [0.5, 0.6) is 5.75 Å². The lowest BCUT2D eigenvalue weighted by Gasteiger charge is -2.05. The third-order valence-electron chi connectivity index (χ3n) is 3.06. The van der Waals surface area contributed by atoms with Crippen LogP contribution in [0.1, 0.15) is 5.56 Å². The summed E-state index contributed by atoms with van der Waals surface area (Å²) in [5.41, 5.74) is 1.33. The normalized spacial score (nSPS) is 11.0. The van der Waals surface area contributed by atoms with Crippen LogP contribution in [0.4, 0.5) is 4.39 Å². The molecule has 0 radical (unpaired) electrons. The summed E-state index contributed by atoms with van der Waals surface area (Å²) in [4.78, 5) is 14.5. The molecule has 4 nitrogen and oxygen atoms in total. The van der Waals surface area contributed by atoms with Crippen molar-refractivity contribution in [2.24, 2.45) is 0 Å². The first-order valence-electron chi connectivity index (χ1n) is 5.80. The highest BCUT2D eigenvalue weighted by atomic mass is 19.1. The highest BCUT2D eigenvalue weighted by Crippen LogP contribution is 2.19. The van der Waals surface area contributed by atoms with Gasteiger partial charge in [-0.1, -0.05) is 18.2 Å². The zero-order valence-corrected chi connectivity index (χ0v) is 9.93. The summed E-state index contributed by atoms with van der Waals surface area (Å²) in [6, 6.07) is 10.9. The number of aromatic amines is 1. The van der Waals surface area contributed by atoms with Crippen LogP contribution in [-0.4, -0.2) is 14.7 Å². The molecule has 1 heterocycles. The molecular weight excluding hydrogens is 247 g/mol. The number of hydrogen-bond donors (Lipinski definition) is 2. The number of phenols is 1. The third kappa shape index (κ3) is 1.99. The molecule has 19 heavy (non-hydrogen) atoms. The maximum absolute atomic E-state index is 13.3. The predicted octanol–water partition coefficient (Wildman–Crippen LogP) is 2.22. The number of imidazole rings is 1. The van der Waals surface area contributed by atoms with E-state index in [1.54, 1.807) is 24.3 Å². The van der Waals surface area contributed by atoms with E-state index in [-0.39, 0.29) is 18.0 Å². The fourth-order valence-electron chi connectivity index (χ4n) is 2.10. The van der Waals surface area contributed by atoms with E-state index in [0.29, 0.717) is 16.6 Å². The number of nitrogens with one attached hydrogen (secondary N) is 1. The van der Waals surface area contributed by atoms with Gasteiger partial charge in [-0.2, -0.15) is 0 Å². The topological polar surface area (TPSA) is 58.0 Å². The first kappa shape index (κ1) is 11.5. The van der Waals surface area contributed by atoms with Crippen LogP contribution in [0.25, 0.3) is 11.0 Å². The molecule has 0 amide bonds. The van der Waals surface area contributed by atoms with Gasteiger partial charge in [0.1, 0.15) is 11.6 Å². The van der Waals surface area contributed by atoms with Gasteiger partial charge >= 0.3 is 5.69 Å². The number of halogens is 1. The minimum atomic E-state index is -0.405. The lowest BCUT2D eigenvalue weighted by molar-refractivity contribution is 0.466. The monoisotopic (exact) mass is 258 g/mol. The summed E-state index contributed by atoms with van der Waals surface area (Å²) in [5.74, 6) is -0.294. The number of H-pyrrole nitrogens is 1. The molecule has 0 saturated carbocycles. The quantitative estimate of drug-likeness (QED) is 0.740. The average Bonchev–Trinajstić information content (AvgIpc) is 2.69. The van der Waals surface area contributed by atoms with E-state index in [4.69, 9.17) is 0 Å². The van der Waals surface area contributed by atoms with Crippen LogP contribution in [0.15, 0.2) is 47.3 Å². The summed E-state index contributed by atoms with van der Waals surface area (Å²) in [7, 11) is 0. The number of aromatic nitrogens is 2. The van der Waals surface area contributed by atoms with Crippen molar-refractivity contribution in [1.82, 2.24) is 9.55 Å². The SMILES string of the molecule is O=c1[nH]c2ccc(F)cc2n1Cc1ccccc1O. The maximum Gasteiger partial charge on any atom is 0.326 e. The van der Waals surface area contributed by atoms with Gasteiger partial charge in [-0.15, -0.1) is 0 Å². The van der Waals surface area contributed by atoms with Gasteiger partial charge in [0.2, 0.25) is 0 Å². The molecule has 0 aliphatic rings. The van der Waals surface area contributed by atoms with E-state index < -0.39 is 5.82 Å². The third-order valence-corrected chi connectivity index (χ3v) is 3.06. The molecule has 0 aliphatic heterocycles. The highest BCUT2D eigenvalue weighted by molar-refractivity contribution is 5.75. The number of benzene rings is 2. The van der Waals surface area contributed by atoms with Gasteiger partial charge in [0.05, 0.1) is 17.6 Å². The molecule has 3 aromatic rings. The van der Waals surface area contributed by atoms with E-state index in [2.05, 4.69) is 4.98 Å². The standard InChI is InChI=1S/C14H11FN2O2/c15-10-5-6-11-12(7-10)17(14(19)16-11)8-9-3-1-2-4-13(9)18/h1-7,18H,8H2,(H,16,19). The molecule has 2 N–H and O–H groups in total. The first-order chi connectivity index (χ1) is 9.15. The van der Waals surface area contributed by atoms with Gasteiger partial charge in [-0.3, -0.25) is 4.57 Å². The van der Waals surface area contributed by atoms with Crippen LogP contribution in [0.3, 0.4) is 0 Å². The second kappa shape index (κ2) is 4.28. The number of hydrogen-bond acceptors (Lipinski definition) is 2. The molecule has 0 bridgehead atoms. The molecule has 0 spiro atoms. The van der Waals surface area contributed by atoms with Gasteiger partial charge in [0.15, 0.2) is 0 Å². The fraction of sp³-hybridized carbons (Fsp3) is 0.0714. The molecule has 1 aromatic heterocycles. The smallest absolute Gasteiger partial charge is 0.326 e.